The Hall–Kier alpha value is -3.20. The molecule has 0 saturated heterocycles. The molecule has 1 heterocycles. The zero-order valence-electron chi connectivity index (χ0n) is 19.8. The van der Waals surface area contributed by atoms with Crippen molar-refractivity contribution in [1.29, 1.82) is 0 Å². The molecular formula is C25H30N2O6S. The number of amides is 1. The molecule has 1 aliphatic rings. The fourth-order valence-electron chi connectivity index (χ4n) is 3.82. The van der Waals surface area contributed by atoms with E-state index in [1.54, 1.807) is 38.1 Å². The van der Waals surface area contributed by atoms with Crippen LogP contribution in [0.4, 0.5) is 5.69 Å². The molecule has 0 bridgehead atoms. The smallest absolute Gasteiger partial charge is 0.329 e. The third-order valence-electron chi connectivity index (χ3n) is 5.74. The largest absolute Gasteiger partial charge is 0.456 e. The molecule has 2 aromatic rings. The highest BCUT2D eigenvalue weighted by molar-refractivity contribution is 7.92. The van der Waals surface area contributed by atoms with Crippen molar-refractivity contribution in [3.63, 3.8) is 0 Å². The number of Topliss-reactive ketones (excluding diaryl/α,β-unsaturated/α-hetero) is 1. The maximum Gasteiger partial charge on any atom is 0.329 e. The van der Waals surface area contributed by atoms with E-state index >= 15 is 0 Å². The number of ether oxygens (including phenoxy) is 1. The minimum Gasteiger partial charge on any atom is -0.456 e. The van der Waals surface area contributed by atoms with Gasteiger partial charge in [-0.25, -0.2) is 13.2 Å². The summed E-state index contributed by atoms with van der Waals surface area (Å²) < 4.78 is 30.6. The summed E-state index contributed by atoms with van der Waals surface area (Å²) in [4.78, 5) is 37.9. The van der Waals surface area contributed by atoms with Crippen LogP contribution in [-0.2, 0) is 26.0 Å². The van der Waals surface area contributed by atoms with E-state index in [9.17, 15) is 22.8 Å². The monoisotopic (exact) mass is 486 g/mol. The molecule has 1 aliphatic heterocycles. The van der Waals surface area contributed by atoms with E-state index in [0.717, 1.165) is 17.4 Å². The molecule has 0 spiro atoms. The number of ketones is 1. The van der Waals surface area contributed by atoms with Crippen molar-refractivity contribution in [2.24, 2.45) is 5.92 Å². The van der Waals surface area contributed by atoms with Gasteiger partial charge in [0, 0.05) is 17.7 Å². The average Bonchev–Trinajstić information content (AvgIpc) is 2.79. The lowest BCUT2D eigenvalue weighted by Crippen LogP contribution is -2.45. The zero-order chi connectivity index (χ0) is 25.0. The lowest BCUT2D eigenvalue weighted by Gasteiger charge is -2.29. The minimum atomic E-state index is -3.40. The van der Waals surface area contributed by atoms with Crippen LogP contribution >= 0.6 is 0 Å². The lowest BCUT2D eigenvalue weighted by molar-refractivity contribution is -0.145. The van der Waals surface area contributed by atoms with Gasteiger partial charge in [-0.1, -0.05) is 31.5 Å². The van der Waals surface area contributed by atoms with Crippen LogP contribution in [0, 0.1) is 12.8 Å². The number of sulfonamides is 1. The first-order chi connectivity index (χ1) is 16.0. The van der Waals surface area contributed by atoms with E-state index in [-0.39, 0.29) is 5.92 Å². The quantitative estimate of drug-likeness (QED) is 0.454. The number of hydrogen-bond acceptors (Lipinski definition) is 6. The number of nitrogens with one attached hydrogen (secondary N) is 1. The van der Waals surface area contributed by atoms with E-state index in [1.165, 1.54) is 10.4 Å². The van der Waals surface area contributed by atoms with Crippen LogP contribution in [0.5, 0.6) is 0 Å². The molecule has 0 fully saturated rings. The number of benzene rings is 2. The van der Waals surface area contributed by atoms with Gasteiger partial charge in [0.2, 0.25) is 10.0 Å². The van der Waals surface area contributed by atoms with Gasteiger partial charge in [-0.2, -0.15) is 0 Å². The van der Waals surface area contributed by atoms with Gasteiger partial charge in [0.15, 0.2) is 12.4 Å². The molecule has 0 aliphatic carbocycles. The summed E-state index contributed by atoms with van der Waals surface area (Å²) in [6.45, 7) is 5.40. The Morgan fingerprint density at radius 2 is 1.71 bits per heavy atom. The summed E-state index contributed by atoms with van der Waals surface area (Å²) in [7, 11) is -3.40. The van der Waals surface area contributed by atoms with Crippen LogP contribution in [0.3, 0.4) is 0 Å². The topological polar surface area (TPSA) is 110 Å². The van der Waals surface area contributed by atoms with Crippen LogP contribution in [-0.4, -0.2) is 51.5 Å². The number of hydrogen-bond donors (Lipinski definition) is 1. The maximum absolute atomic E-state index is 12.7. The minimum absolute atomic E-state index is 0.247. The van der Waals surface area contributed by atoms with E-state index in [1.807, 2.05) is 19.1 Å². The summed E-state index contributed by atoms with van der Waals surface area (Å²) in [5.74, 6) is -1.74. The van der Waals surface area contributed by atoms with Crippen molar-refractivity contribution in [2.45, 2.75) is 39.7 Å². The molecule has 1 atom stereocenters. The number of anilines is 1. The Labute approximate surface area is 200 Å². The van der Waals surface area contributed by atoms with Gasteiger partial charge < -0.3 is 10.1 Å². The summed E-state index contributed by atoms with van der Waals surface area (Å²) in [5.41, 5.74) is 3.12. The molecule has 34 heavy (non-hydrogen) atoms. The standard InChI is InChI=1S/C25H30N2O6S/c1-16(2)23(26-24(29)18-9-7-17(3)8-10-18)25(30)33-15-22(28)20-11-12-21-19(14-20)6-5-13-27(21)34(4,31)32/h7-12,14,16,23H,5-6,13,15H2,1-4H3,(H,26,29)/t23-/m0/s1. The van der Waals surface area contributed by atoms with Crippen LogP contribution in [0.25, 0.3) is 0 Å². The predicted molar refractivity (Wildman–Crippen MR) is 130 cm³/mol. The SMILES string of the molecule is Cc1ccc(C(=O)N[C@H](C(=O)OCC(=O)c2ccc3c(c2)CCCN3S(C)(=O)=O)C(C)C)cc1. The summed E-state index contributed by atoms with van der Waals surface area (Å²) in [6, 6.07) is 10.9. The number of fused-ring (bicyclic) bond motifs is 1. The Balaban J connectivity index is 1.65. The van der Waals surface area contributed by atoms with Crippen LogP contribution < -0.4 is 9.62 Å². The Kier molecular flexibility index (Phi) is 7.76. The molecule has 0 aromatic heterocycles. The van der Waals surface area contributed by atoms with Gasteiger partial charge in [-0.15, -0.1) is 0 Å². The highest BCUT2D eigenvalue weighted by Crippen LogP contribution is 2.30. The number of rotatable bonds is 8. The first kappa shape index (κ1) is 25.4. The van der Waals surface area contributed by atoms with Gasteiger partial charge in [0.1, 0.15) is 6.04 Å². The third kappa shape index (κ3) is 6.02. The first-order valence-corrected chi connectivity index (χ1v) is 13.0. The fraction of sp³-hybridized carbons (Fsp3) is 0.400. The molecule has 1 amide bonds. The highest BCUT2D eigenvalue weighted by atomic mass is 32.2. The zero-order valence-corrected chi connectivity index (χ0v) is 20.6. The average molecular weight is 487 g/mol. The van der Waals surface area contributed by atoms with Crippen molar-refractivity contribution >= 4 is 33.4 Å². The molecular weight excluding hydrogens is 456 g/mol. The van der Waals surface area contributed by atoms with Crippen molar-refractivity contribution < 1.29 is 27.5 Å². The molecule has 0 radical (unpaired) electrons. The molecule has 1 N–H and O–H groups in total. The predicted octanol–water partition coefficient (Wildman–Crippen LogP) is 2.89. The summed E-state index contributed by atoms with van der Waals surface area (Å²) >= 11 is 0. The molecule has 0 unspecified atom stereocenters. The second kappa shape index (κ2) is 10.4. The second-order valence-corrected chi connectivity index (χ2v) is 10.8. The van der Waals surface area contributed by atoms with Gasteiger partial charge in [-0.05, 0) is 61.6 Å². The number of carbonyl (C=O) groups is 3. The third-order valence-corrected chi connectivity index (χ3v) is 6.92. The van der Waals surface area contributed by atoms with Gasteiger partial charge in [-0.3, -0.25) is 13.9 Å². The van der Waals surface area contributed by atoms with Crippen LogP contribution in [0.2, 0.25) is 0 Å². The van der Waals surface area contributed by atoms with E-state index in [4.69, 9.17) is 4.74 Å². The Morgan fingerprint density at radius 1 is 1.06 bits per heavy atom. The van der Waals surface area contributed by atoms with E-state index in [2.05, 4.69) is 5.32 Å². The van der Waals surface area contributed by atoms with Crippen molar-refractivity contribution in [1.82, 2.24) is 5.32 Å². The number of carbonyl (C=O) groups excluding carboxylic acids is 3. The van der Waals surface area contributed by atoms with Crippen molar-refractivity contribution in [2.75, 3.05) is 23.7 Å². The second-order valence-electron chi connectivity index (χ2n) is 8.87. The lowest BCUT2D eigenvalue weighted by atomic mass is 9.99. The fourth-order valence-corrected chi connectivity index (χ4v) is 4.81. The molecule has 0 saturated carbocycles. The molecule has 3 rings (SSSR count). The number of esters is 1. The summed E-state index contributed by atoms with van der Waals surface area (Å²) in [5, 5.41) is 2.69. The van der Waals surface area contributed by atoms with E-state index in [0.29, 0.717) is 36.2 Å². The number of nitrogens with zero attached hydrogens (tertiary/aromatic N) is 1. The Bertz CT molecular complexity index is 1190. The molecule has 8 nitrogen and oxygen atoms in total. The van der Waals surface area contributed by atoms with Crippen molar-refractivity contribution in [3.8, 4) is 0 Å². The van der Waals surface area contributed by atoms with Crippen LogP contribution in [0.15, 0.2) is 42.5 Å². The van der Waals surface area contributed by atoms with Crippen molar-refractivity contribution in [3.05, 3.63) is 64.7 Å². The molecule has 9 heteroatoms. The van der Waals surface area contributed by atoms with Gasteiger partial charge in [0.25, 0.3) is 5.91 Å². The Morgan fingerprint density at radius 3 is 2.32 bits per heavy atom. The normalized spacial score (nSPS) is 14.3. The van der Waals surface area contributed by atoms with Crippen LogP contribution in [0.1, 0.15) is 52.1 Å². The maximum atomic E-state index is 12.7. The van der Waals surface area contributed by atoms with E-state index < -0.39 is 40.3 Å². The molecule has 2 aromatic carbocycles. The van der Waals surface area contributed by atoms with Gasteiger partial charge in [0.05, 0.1) is 11.9 Å². The van der Waals surface area contributed by atoms with Gasteiger partial charge >= 0.3 is 5.97 Å². The first-order valence-electron chi connectivity index (χ1n) is 11.2. The molecule has 182 valence electrons. The number of aryl methyl sites for hydroxylation is 2. The highest BCUT2D eigenvalue weighted by Gasteiger charge is 2.28. The summed E-state index contributed by atoms with van der Waals surface area (Å²) in [6.07, 6.45) is 2.47.